The highest BCUT2D eigenvalue weighted by molar-refractivity contribution is 9.11. The van der Waals surface area contributed by atoms with Crippen molar-refractivity contribution in [3.63, 3.8) is 0 Å². The Balaban J connectivity index is 3.07. The molecule has 0 spiro atoms. The lowest BCUT2D eigenvalue weighted by Crippen LogP contribution is -2.28. The summed E-state index contributed by atoms with van der Waals surface area (Å²) in [7, 11) is 0. The first kappa shape index (κ1) is 12.0. The third kappa shape index (κ3) is 2.96. The molecule has 1 nitrogen and oxygen atoms in total. The zero-order valence-electron chi connectivity index (χ0n) is 6.78. The fourth-order valence-corrected chi connectivity index (χ4v) is 2.27. The van der Waals surface area contributed by atoms with E-state index in [1.165, 1.54) is 12.1 Å². The van der Waals surface area contributed by atoms with Crippen molar-refractivity contribution in [1.29, 1.82) is 0 Å². The maximum atomic E-state index is 12.2. The zero-order chi connectivity index (χ0) is 10.9. The third-order valence-corrected chi connectivity index (χ3v) is 2.51. The summed E-state index contributed by atoms with van der Waals surface area (Å²) in [4.78, 5) is 0. The van der Waals surface area contributed by atoms with Crippen LogP contribution in [0.4, 0.5) is 13.2 Å². The van der Waals surface area contributed by atoms with E-state index in [2.05, 4.69) is 31.9 Å². The largest absolute Gasteiger partial charge is 0.407 e. The molecule has 0 radical (unpaired) electrons. The second-order valence-corrected chi connectivity index (χ2v) is 4.55. The lowest BCUT2D eigenvalue weighted by molar-refractivity contribution is -0.149. The van der Waals surface area contributed by atoms with Crippen LogP contribution < -0.4 is 5.73 Å². The van der Waals surface area contributed by atoms with Crippen molar-refractivity contribution in [2.75, 3.05) is 0 Å². The van der Waals surface area contributed by atoms with Crippen LogP contribution in [0.5, 0.6) is 0 Å². The monoisotopic (exact) mass is 331 g/mol. The van der Waals surface area contributed by atoms with Crippen molar-refractivity contribution in [1.82, 2.24) is 0 Å². The van der Waals surface area contributed by atoms with E-state index in [0.29, 0.717) is 8.95 Å². The van der Waals surface area contributed by atoms with E-state index in [0.717, 1.165) is 0 Å². The van der Waals surface area contributed by atoms with Crippen LogP contribution >= 0.6 is 31.9 Å². The van der Waals surface area contributed by atoms with E-state index in [-0.39, 0.29) is 5.56 Å². The van der Waals surface area contributed by atoms with Crippen LogP contribution in [0.15, 0.2) is 27.1 Å². The quantitative estimate of drug-likeness (QED) is 0.832. The maximum absolute atomic E-state index is 12.2. The van der Waals surface area contributed by atoms with Gasteiger partial charge < -0.3 is 5.73 Å². The molecule has 0 saturated heterocycles. The number of benzene rings is 1. The first-order valence-electron chi connectivity index (χ1n) is 3.59. The van der Waals surface area contributed by atoms with E-state index in [4.69, 9.17) is 5.73 Å². The molecule has 0 fully saturated rings. The van der Waals surface area contributed by atoms with Crippen LogP contribution in [-0.2, 0) is 0 Å². The van der Waals surface area contributed by atoms with Gasteiger partial charge >= 0.3 is 6.18 Å². The number of alkyl halides is 3. The average molecular weight is 333 g/mol. The summed E-state index contributed by atoms with van der Waals surface area (Å²) >= 11 is 6.19. The van der Waals surface area contributed by atoms with Gasteiger partial charge in [-0.3, -0.25) is 0 Å². The summed E-state index contributed by atoms with van der Waals surface area (Å²) in [6.07, 6.45) is -4.42. The molecule has 0 saturated carbocycles. The Kier molecular flexibility index (Phi) is 3.60. The molecule has 1 atom stereocenters. The van der Waals surface area contributed by atoms with Crippen molar-refractivity contribution in [3.05, 3.63) is 32.7 Å². The minimum absolute atomic E-state index is 0.0266. The van der Waals surface area contributed by atoms with E-state index < -0.39 is 12.2 Å². The summed E-state index contributed by atoms with van der Waals surface area (Å²) in [5.74, 6) is 0. The van der Waals surface area contributed by atoms with Crippen molar-refractivity contribution < 1.29 is 13.2 Å². The molecule has 0 amide bonds. The molecule has 0 aliphatic carbocycles. The Hall–Kier alpha value is -0.0700. The number of halogens is 5. The fraction of sp³-hybridized carbons (Fsp3) is 0.250. The van der Waals surface area contributed by atoms with Gasteiger partial charge in [0.25, 0.3) is 0 Å². The average Bonchev–Trinajstić information content (AvgIpc) is 1.99. The molecule has 78 valence electrons. The van der Waals surface area contributed by atoms with E-state index in [1.807, 2.05) is 0 Å². The summed E-state index contributed by atoms with van der Waals surface area (Å²) < 4.78 is 37.8. The molecule has 1 rings (SSSR count). The highest BCUT2D eigenvalue weighted by Crippen LogP contribution is 2.33. The topological polar surface area (TPSA) is 26.0 Å². The number of hydrogen-bond donors (Lipinski definition) is 1. The number of hydrogen-bond acceptors (Lipinski definition) is 1. The molecular weight excluding hydrogens is 327 g/mol. The van der Waals surface area contributed by atoms with E-state index in [9.17, 15) is 13.2 Å². The van der Waals surface area contributed by atoms with Gasteiger partial charge in [-0.1, -0.05) is 31.9 Å². The van der Waals surface area contributed by atoms with Crippen LogP contribution in [0.3, 0.4) is 0 Å². The SMILES string of the molecule is N[C@H](c1cc(Br)cc(Br)c1)C(F)(F)F. The molecule has 0 aromatic heterocycles. The summed E-state index contributed by atoms with van der Waals surface area (Å²) in [6, 6.07) is 2.40. The van der Waals surface area contributed by atoms with Gasteiger partial charge in [0.1, 0.15) is 6.04 Å². The minimum Gasteiger partial charge on any atom is -0.316 e. The number of rotatable bonds is 1. The maximum Gasteiger partial charge on any atom is 0.407 e. The minimum atomic E-state index is -4.42. The molecule has 0 bridgehead atoms. The lowest BCUT2D eigenvalue weighted by atomic mass is 10.1. The fourth-order valence-electron chi connectivity index (χ4n) is 0.944. The second kappa shape index (κ2) is 4.20. The smallest absolute Gasteiger partial charge is 0.316 e. The zero-order valence-corrected chi connectivity index (χ0v) is 9.95. The molecule has 6 heteroatoms. The van der Waals surface area contributed by atoms with Gasteiger partial charge in [0.2, 0.25) is 0 Å². The van der Waals surface area contributed by atoms with Crippen molar-refractivity contribution in [2.24, 2.45) is 5.73 Å². The predicted molar refractivity (Wildman–Crippen MR) is 54.8 cm³/mol. The Morgan fingerprint density at radius 1 is 1.07 bits per heavy atom. The van der Waals surface area contributed by atoms with Crippen molar-refractivity contribution >= 4 is 31.9 Å². The summed E-state index contributed by atoms with van der Waals surface area (Å²) in [5.41, 5.74) is 5.07. The number of nitrogens with two attached hydrogens (primary N) is 1. The highest BCUT2D eigenvalue weighted by atomic mass is 79.9. The van der Waals surface area contributed by atoms with E-state index in [1.54, 1.807) is 6.07 Å². The molecule has 0 unspecified atom stereocenters. The summed E-state index contributed by atoms with van der Waals surface area (Å²) in [5, 5.41) is 0. The Bertz CT molecular complexity index is 318. The highest BCUT2D eigenvalue weighted by Gasteiger charge is 2.37. The molecule has 1 aromatic carbocycles. The molecule has 1 aromatic rings. The van der Waals surface area contributed by atoms with Gasteiger partial charge in [-0.25, -0.2) is 0 Å². The second-order valence-electron chi connectivity index (χ2n) is 2.72. The van der Waals surface area contributed by atoms with Crippen LogP contribution in [0.2, 0.25) is 0 Å². The van der Waals surface area contributed by atoms with Crippen molar-refractivity contribution in [2.45, 2.75) is 12.2 Å². The first-order valence-corrected chi connectivity index (χ1v) is 5.17. The van der Waals surface area contributed by atoms with Gasteiger partial charge in [0.15, 0.2) is 0 Å². The lowest BCUT2D eigenvalue weighted by Gasteiger charge is -2.16. The first-order chi connectivity index (χ1) is 6.30. The Morgan fingerprint density at radius 3 is 1.86 bits per heavy atom. The molecular formula is C8H6Br2F3N. The summed E-state index contributed by atoms with van der Waals surface area (Å²) in [6.45, 7) is 0. The molecule has 0 aliphatic rings. The van der Waals surface area contributed by atoms with Crippen molar-refractivity contribution in [3.8, 4) is 0 Å². The van der Waals surface area contributed by atoms with Gasteiger partial charge in [-0.15, -0.1) is 0 Å². The van der Waals surface area contributed by atoms with E-state index >= 15 is 0 Å². The van der Waals surface area contributed by atoms with Gasteiger partial charge in [-0.2, -0.15) is 13.2 Å². The van der Waals surface area contributed by atoms with Gasteiger partial charge in [0, 0.05) is 8.95 Å². The van der Waals surface area contributed by atoms with Gasteiger partial charge in [-0.05, 0) is 23.8 Å². The van der Waals surface area contributed by atoms with Gasteiger partial charge in [0.05, 0.1) is 0 Å². The Labute approximate surface area is 95.7 Å². The van der Waals surface area contributed by atoms with Crippen LogP contribution in [-0.4, -0.2) is 6.18 Å². The molecule has 2 N–H and O–H groups in total. The predicted octanol–water partition coefficient (Wildman–Crippen LogP) is 3.77. The van der Waals surface area contributed by atoms with Crippen LogP contribution in [0, 0.1) is 0 Å². The third-order valence-electron chi connectivity index (χ3n) is 1.60. The standard InChI is InChI=1S/C8H6Br2F3N/c9-5-1-4(2-6(10)3-5)7(14)8(11,12)13/h1-3,7H,14H2/t7-/m1/s1. The molecule has 0 aliphatic heterocycles. The molecule has 14 heavy (non-hydrogen) atoms. The van der Waals surface area contributed by atoms with Crippen LogP contribution in [0.25, 0.3) is 0 Å². The Morgan fingerprint density at radius 2 is 1.50 bits per heavy atom. The normalized spacial score (nSPS) is 14.1. The molecule has 0 heterocycles. The van der Waals surface area contributed by atoms with Crippen LogP contribution in [0.1, 0.15) is 11.6 Å².